The molecule has 4 heteroatoms. The average Bonchev–Trinajstić information content (AvgIpc) is 2.78. The minimum Gasteiger partial charge on any atom is -0.497 e. The number of methoxy groups -OCH3 is 1. The SMILES string of the molecule is COc1ccc(Cn2nncc2C(C)(C)C)cc1. The molecule has 0 fully saturated rings. The zero-order valence-electron chi connectivity index (χ0n) is 11.3. The molecule has 0 N–H and O–H groups in total. The molecule has 1 aromatic carbocycles. The van der Waals surface area contributed by atoms with Crippen LogP contribution in [-0.4, -0.2) is 22.1 Å². The van der Waals surface area contributed by atoms with Gasteiger partial charge in [0.25, 0.3) is 0 Å². The van der Waals surface area contributed by atoms with Gasteiger partial charge in [-0.1, -0.05) is 38.1 Å². The first-order valence-corrected chi connectivity index (χ1v) is 6.02. The molecule has 0 bridgehead atoms. The lowest BCUT2D eigenvalue weighted by Gasteiger charge is -2.19. The van der Waals surface area contributed by atoms with Gasteiger partial charge in [0, 0.05) is 5.41 Å². The third kappa shape index (κ3) is 2.70. The van der Waals surface area contributed by atoms with E-state index >= 15 is 0 Å². The highest BCUT2D eigenvalue weighted by Gasteiger charge is 2.19. The van der Waals surface area contributed by atoms with Crippen molar-refractivity contribution in [3.63, 3.8) is 0 Å². The molecule has 0 spiro atoms. The summed E-state index contributed by atoms with van der Waals surface area (Å²) < 4.78 is 7.09. The van der Waals surface area contributed by atoms with Crippen molar-refractivity contribution in [3.05, 3.63) is 41.7 Å². The molecule has 0 radical (unpaired) electrons. The van der Waals surface area contributed by atoms with Crippen LogP contribution < -0.4 is 4.74 Å². The fourth-order valence-corrected chi connectivity index (χ4v) is 1.86. The molecule has 18 heavy (non-hydrogen) atoms. The average molecular weight is 245 g/mol. The molecule has 0 unspecified atom stereocenters. The van der Waals surface area contributed by atoms with Gasteiger partial charge < -0.3 is 4.74 Å². The van der Waals surface area contributed by atoms with Crippen LogP contribution in [0.4, 0.5) is 0 Å². The Balaban J connectivity index is 2.21. The summed E-state index contributed by atoms with van der Waals surface area (Å²) in [6.07, 6.45) is 1.84. The predicted octanol–water partition coefficient (Wildman–Crippen LogP) is 2.63. The van der Waals surface area contributed by atoms with Crippen LogP contribution in [-0.2, 0) is 12.0 Å². The van der Waals surface area contributed by atoms with Gasteiger partial charge in [-0.3, -0.25) is 0 Å². The summed E-state index contributed by atoms with van der Waals surface area (Å²) in [5, 5.41) is 8.16. The zero-order chi connectivity index (χ0) is 13.2. The van der Waals surface area contributed by atoms with Gasteiger partial charge in [-0.05, 0) is 17.7 Å². The molecule has 2 aromatic rings. The van der Waals surface area contributed by atoms with E-state index in [2.05, 4.69) is 31.1 Å². The first kappa shape index (κ1) is 12.6. The number of aromatic nitrogens is 3. The Bertz CT molecular complexity index is 509. The van der Waals surface area contributed by atoms with Crippen LogP contribution in [0.25, 0.3) is 0 Å². The van der Waals surface area contributed by atoms with E-state index in [0.717, 1.165) is 18.0 Å². The summed E-state index contributed by atoms with van der Waals surface area (Å²) in [6, 6.07) is 8.02. The maximum atomic E-state index is 5.15. The van der Waals surface area contributed by atoms with E-state index in [1.54, 1.807) is 7.11 Å². The Hall–Kier alpha value is -1.84. The number of hydrogen-bond acceptors (Lipinski definition) is 3. The zero-order valence-corrected chi connectivity index (χ0v) is 11.3. The van der Waals surface area contributed by atoms with E-state index < -0.39 is 0 Å². The van der Waals surface area contributed by atoms with Crippen LogP contribution in [0.5, 0.6) is 5.75 Å². The summed E-state index contributed by atoms with van der Waals surface area (Å²) in [5.41, 5.74) is 2.38. The van der Waals surface area contributed by atoms with Crippen molar-refractivity contribution in [2.24, 2.45) is 0 Å². The third-order valence-electron chi connectivity index (χ3n) is 2.88. The molecular formula is C14H19N3O. The van der Waals surface area contributed by atoms with Gasteiger partial charge in [0.05, 0.1) is 25.5 Å². The Morgan fingerprint density at radius 2 is 1.83 bits per heavy atom. The van der Waals surface area contributed by atoms with Crippen LogP contribution in [0.1, 0.15) is 32.0 Å². The summed E-state index contributed by atoms with van der Waals surface area (Å²) in [7, 11) is 1.67. The lowest BCUT2D eigenvalue weighted by atomic mass is 9.92. The van der Waals surface area contributed by atoms with Crippen molar-refractivity contribution in [1.29, 1.82) is 0 Å². The fourth-order valence-electron chi connectivity index (χ4n) is 1.86. The first-order chi connectivity index (χ1) is 8.50. The van der Waals surface area contributed by atoms with Gasteiger partial charge in [-0.15, -0.1) is 5.10 Å². The van der Waals surface area contributed by atoms with Crippen LogP contribution in [0.2, 0.25) is 0 Å². The highest BCUT2D eigenvalue weighted by molar-refractivity contribution is 5.27. The van der Waals surface area contributed by atoms with E-state index in [0.29, 0.717) is 0 Å². The predicted molar refractivity (Wildman–Crippen MR) is 70.8 cm³/mol. The number of benzene rings is 1. The van der Waals surface area contributed by atoms with Crippen LogP contribution in [0.3, 0.4) is 0 Å². The monoisotopic (exact) mass is 245 g/mol. The van der Waals surface area contributed by atoms with Crippen molar-refractivity contribution in [3.8, 4) is 5.75 Å². The largest absolute Gasteiger partial charge is 0.497 e. The van der Waals surface area contributed by atoms with Gasteiger partial charge in [0.1, 0.15) is 5.75 Å². The van der Waals surface area contributed by atoms with Gasteiger partial charge in [0.2, 0.25) is 0 Å². The molecule has 0 aliphatic rings. The smallest absolute Gasteiger partial charge is 0.118 e. The van der Waals surface area contributed by atoms with Gasteiger partial charge in [0.15, 0.2) is 0 Å². The van der Waals surface area contributed by atoms with Crippen LogP contribution in [0.15, 0.2) is 30.5 Å². The molecule has 96 valence electrons. The molecule has 1 heterocycles. The van der Waals surface area contributed by atoms with E-state index in [9.17, 15) is 0 Å². The van der Waals surface area contributed by atoms with Gasteiger partial charge >= 0.3 is 0 Å². The molecule has 0 saturated heterocycles. The van der Waals surface area contributed by atoms with Crippen molar-refractivity contribution >= 4 is 0 Å². The van der Waals surface area contributed by atoms with Gasteiger partial charge in [-0.2, -0.15) is 0 Å². The normalized spacial score (nSPS) is 11.6. The summed E-state index contributed by atoms with van der Waals surface area (Å²) >= 11 is 0. The molecule has 2 rings (SSSR count). The molecule has 0 aliphatic heterocycles. The third-order valence-corrected chi connectivity index (χ3v) is 2.88. The standard InChI is InChI=1S/C14H19N3O/c1-14(2,3)13-9-15-16-17(13)10-11-5-7-12(18-4)8-6-11/h5-9H,10H2,1-4H3. The van der Waals surface area contributed by atoms with Crippen molar-refractivity contribution in [2.45, 2.75) is 32.7 Å². The Morgan fingerprint density at radius 3 is 2.39 bits per heavy atom. The minimum atomic E-state index is 0.0516. The van der Waals surface area contributed by atoms with E-state index in [-0.39, 0.29) is 5.41 Å². The van der Waals surface area contributed by atoms with Gasteiger partial charge in [-0.25, -0.2) is 4.68 Å². The molecule has 4 nitrogen and oxygen atoms in total. The van der Waals surface area contributed by atoms with Crippen molar-refractivity contribution in [1.82, 2.24) is 15.0 Å². The number of rotatable bonds is 3. The summed E-state index contributed by atoms with van der Waals surface area (Å²) in [5.74, 6) is 0.869. The Morgan fingerprint density at radius 1 is 1.17 bits per heavy atom. The van der Waals surface area contributed by atoms with Crippen LogP contribution in [0, 0.1) is 0 Å². The highest BCUT2D eigenvalue weighted by Crippen LogP contribution is 2.21. The molecule has 0 amide bonds. The maximum Gasteiger partial charge on any atom is 0.118 e. The molecule has 0 saturated carbocycles. The second-order valence-corrected chi connectivity index (χ2v) is 5.37. The Kier molecular flexibility index (Phi) is 3.36. The number of ether oxygens (including phenoxy) is 1. The molecule has 0 aliphatic carbocycles. The van der Waals surface area contributed by atoms with E-state index in [4.69, 9.17) is 4.74 Å². The lowest BCUT2D eigenvalue weighted by molar-refractivity contribution is 0.414. The quantitative estimate of drug-likeness (QED) is 0.834. The van der Waals surface area contributed by atoms with Crippen LogP contribution >= 0.6 is 0 Å². The summed E-state index contributed by atoms with van der Waals surface area (Å²) in [6.45, 7) is 7.22. The molecule has 0 atom stereocenters. The Labute approximate surface area is 108 Å². The second-order valence-electron chi connectivity index (χ2n) is 5.37. The second kappa shape index (κ2) is 4.80. The molecule has 1 aromatic heterocycles. The molecular weight excluding hydrogens is 226 g/mol. The first-order valence-electron chi connectivity index (χ1n) is 6.02. The lowest BCUT2D eigenvalue weighted by Crippen LogP contribution is -2.18. The van der Waals surface area contributed by atoms with E-state index in [1.807, 2.05) is 35.1 Å². The highest BCUT2D eigenvalue weighted by atomic mass is 16.5. The summed E-state index contributed by atoms with van der Waals surface area (Å²) in [4.78, 5) is 0. The van der Waals surface area contributed by atoms with Crippen molar-refractivity contribution in [2.75, 3.05) is 7.11 Å². The fraction of sp³-hybridized carbons (Fsp3) is 0.429. The maximum absolute atomic E-state index is 5.15. The minimum absolute atomic E-state index is 0.0516. The van der Waals surface area contributed by atoms with E-state index in [1.165, 1.54) is 5.56 Å². The number of nitrogens with zero attached hydrogens (tertiary/aromatic N) is 3. The number of hydrogen-bond donors (Lipinski definition) is 0. The topological polar surface area (TPSA) is 39.9 Å². The van der Waals surface area contributed by atoms with Crippen molar-refractivity contribution < 1.29 is 4.74 Å².